The number of hydrogen-bond donors (Lipinski definition) is 0. The average molecular weight is 575 g/mol. The van der Waals surface area contributed by atoms with Crippen LogP contribution < -0.4 is 16.4 Å². The fourth-order valence-corrected chi connectivity index (χ4v) is 10.0. The molecule has 0 amide bonds. The molecule has 1 heterocycles. The Morgan fingerprint density at radius 1 is 0.558 bits per heavy atom. The van der Waals surface area contributed by atoms with Gasteiger partial charge in [0.1, 0.15) is 0 Å². The fourth-order valence-electron chi connectivity index (χ4n) is 6.86. The van der Waals surface area contributed by atoms with Crippen LogP contribution >= 0.6 is 0 Å². The van der Waals surface area contributed by atoms with Gasteiger partial charge < -0.3 is 4.57 Å². The van der Waals surface area contributed by atoms with Crippen molar-refractivity contribution in [3.05, 3.63) is 182 Å². The Balaban J connectivity index is 0.000000157. The van der Waals surface area contributed by atoms with Crippen molar-refractivity contribution in [3.8, 4) is 0 Å². The molecule has 2 nitrogen and oxygen atoms in total. The zero-order valence-electron chi connectivity index (χ0n) is 24.8. The molecule has 0 atom stereocenters. The highest BCUT2D eigenvalue weighted by atomic mass is 28.2. The molecule has 7 rings (SSSR count). The SMILES string of the molecule is c1ccc(B(c2ccccc2)c2ccccc2)cc1.c1ccc(C([SiH2]C2CCCC2)(c2ccccc2)n2ccnc2)cc1. The fraction of sp³-hybridized carbons (Fsp3) is 0.154. The Kier molecular flexibility index (Phi) is 9.46. The molecule has 1 fully saturated rings. The molecule has 0 saturated heterocycles. The van der Waals surface area contributed by atoms with Crippen molar-refractivity contribution in [1.82, 2.24) is 9.55 Å². The van der Waals surface area contributed by atoms with Gasteiger partial charge in [-0.05, 0) is 16.7 Å². The van der Waals surface area contributed by atoms with E-state index in [4.69, 9.17) is 0 Å². The van der Waals surface area contributed by atoms with Gasteiger partial charge in [0.15, 0.2) is 0 Å². The zero-order valence-corrected chi connectivity index (χ0v) is 26.2. The van der Waals surface area contributed by atoms with Gasteiger partial charge in [0.25, 0.3) is 0 Å². The van der Waals surface area contributed by atoms with Crippen molar-refractivity contribution in [3.63, 3.8) is 0 Å². The quantitative estimate of drug-likeness (QED) is 0.193. The van der Waals surface area contributed by atoms with Crippen molar-refractivity contribution < 1.29 is 0 Å². The minimum absolute atomic E-state index is 0.0337. The smallest absolute Gasteiger partial charge is 0.241 e. The molecule has 1 aliphatic rings. The van der Waals surface area contributed by atoms with E-state index in [1.807, 2.05) is 12.5 Å². The van der Waals surface area contributed by atoms with Gasteiger partial charge in [0.2, 0.25) is 6.71 Å². The van der Waals surface area contributed by atoms with Crippen molar-refractivity contribution >= 4 is 32.6 Å². The monoisotopic (exact) mass is 574 g/mol. The van der Waals surface area contributed by atoms with Crippen molar-refractivity contribution in [2.24, 2.45) is 0 Å². The average Bonchev–Trinajstić information content (AvgIpc) is 3.82. The summed E-state index contributed by atoms with van der Waals surface area (Å²) in [5.41, 5.74) is 7.73. The Morgan fingerprint density at radius 3 is 1.33 bits per heavy atom. The largest absolute Gasteiger partial charge is 0.327 e. The first-order valence-corrected chi connectivity index (χ1v) is 17.1. The van der Waals surface area contributed by atoms with Gasteiger partial charge in [-0.15, -0.1) is 0 Å². The molecule has 1 aromatic heterocycles. The summed E-state index contributed by atoms with van der Waals surface area (Å²) >= 11 is 0. The van der Waals surface area contributed by atoms with Crippen LogP contribution in [-0.4, -0.2) is 25.8 Å². The van der Waals surface area contributed by atoms with Gasteiger partial charge in [0, 0.05) is 12.4 Å². The molecule has 0 bridgehead atoms. The Bertz CT molecular complexity index is 1490. The van der Waals surface area contributed by atoms with E-state index in [-0.39, 0.29) is 5.16 Å². The predicted molar refractivity (Wildman–Crippen MR) is 186 cm³/mol. The zero-order chi connectivity index (χ0) is 29.2. The second-order valence-corrected chi connectivity index (χ2v) is 14.2. The summed E-state index contributed by atoms with van der Waals surface area (Å²) in [5.74, 6) is 0. The predicted octanol–water partition coefficient (Wildman–Crippen LogP) is 6.37. The Morgan fingerprint density at radius 2 is 0.953 bits per heavy atom. The standard InChI is InChI=1S/C21H24N2Si.C18H15B/c1-3-9-18(10-4-1)21(23-16-15-22-17-23,19-11-5-2-6-12-19)24-20-13-7-8-14-20;1-4-10-16(11-5-1)19(17-12-6-2-7-13-17)18-14-8-3-9-15-18/h1-6,9-12,15-17,20H,7-8,13-14,24H2;1-15H. The van der Waals surface area contributed by atoms with E-state index in [1.54, 1.807) is 0 Å². The molecule has 0 N–H and O–H groups in total. The van der Waals surface area contributed by atoms with Crippen LogP contribution in [0.15, 0.2) is 170 Å². The van der Waals surface area contributed by atoms with Gasteiger partial charge >= 0.3 is 0 Å². The number of nitrogens with zero attached hydrogens (tertiary/aromatic N) is 2. The van der Waals surface area contributed by atoms with E-state index in [1.165, 1.54) is 53.2 Å². The van der Waals surface area contributed by atoms with Gasteiger partial charge in [-0.25, -0.2) is 4.98 Å². The molecule has 0 radical (unpaired) electrons. The van der Waals surface area contributed by atoms with Crippen molar-refractivity contribution in [2.75, 3.05) is 0 Å². The minimum atomic E-state index is -0.448. The highest BCUT2D eigenvalue weighted by molar-refractivity contribution is 6.95. The van der Waals surface area contributed by atoms with Crippen LogP contribution in [0, 0.1) is 0 Å². The second kappa shape index (κ2) is 14.2. The van der Waals surface area contributed by atoms with E-state index >= 15 is 0 Å². The maximum atomic E-state index is 4.40. The Labute approximate surface area is 259 Å². The van der Waals surface area contributed by atoms with E-state index in [0.717, 1.165) is 5.54 Å². The van der Waals surface area contributed by atoms with E-state index in [0.29, 0.717) is 6.71 Å². The maximum Gasteiger partial charge on any atom is 0.241 e. The molecule has 212 valence electrons. The first kappa shape index (κ1) is 28.7. The lowest BCUT2D eigenvalue weighted by Gasteiger charge is -2.38. The topological polar surface area (TPSA) is 17.8 Å². The molecule has 0 spiro atoms. The summed E-state index contributed by atoms with van der Waals surface area (Å²) < 4.78 is 2.38. The van der Waals surface area contributed by atoms with Gasteiger partial charge in [-0.3, -0.25) is 0 Å². The van der Waals surface area contributed by atoms with E-state index < -0.39 is 9.52 Å². The molecular formula is C39H39BN2Si. The third-order valence-electron chi connectivity index (χ3n) is 8.91. The van der Waals surface area contributed by atoms with Gasteiger partial charge in [-0.2, -0.15) is 0 Å². The number of benzene rings is 5. The number of aromatic nitrogens is 2. The van der Waals surface area contributed by atoms with Crippen molar-refractivity contribution in [1.29, 1.82) is 0 Å². The number of rotatable bonds is 8. The lowest BCUT2D eigenvalue weighted by atomic mass is 9.37. The third kappa shape index (κ3) is 6.65. The summed E-state index contributed by atoms with van der Waals surface area (Å²) in [5, 5.41) is -0.0337. The first-order valence-electron chi connectivity index (χ1n) is 15.6. The van der Waals surface area contributed by atoms with Crippen LogP contribution in [0.4, 0.5) is 0 Å². The highest BCUT2D eigenvalue weighted by Crippen LogP contribution is 2.40. The van der Waals surface area contributed by atoms with E-state index in [2.05, 4.69) is 167 Å². The van der Waals surface area contributed by atoms with Crippen molar-refractivity contribution in [2.45, 2.75) is 36.4 Å². The molecule has 6 aromatic rings. The Hall–Kier alpha value is -4.41. The van der Waals surface area contributed by atoms with Crippen LogP contribution in [0.3, 0.4) is 0 Å². The van der Waals surface area contributed by atoms with Crippen LogP contribution in [0.1, 0.15) is 36.8 Å². The molecule has 1 aliphatic carbocycles. The summed E-state index contributed by atoms with van der Waals surface area (Å²) in [6.07, 6.45) is 11.7. The summed E-state index contributed by atoms with van der Waals surface area (Å²) in [6.45, 7) is 0.309. The van der Waals surface area contributed by atoms with Crippen LogP contribution in [0.5, 0.6) is 0 Å². The van der Waals surface area contributed by atoms with Gasteiger partial charge in [0.05, 0.1) is 21.0 Å². The number of imidazole rings is 1. The highest BCUT2D eigenvalue weighted by Gasteiger charge is 2.39. The second-order valence-electron chi connectivity index (χ2n) is 11.6. The lowest BCUT2D eigenvalue weighted by molar-refractivity contribution is 0.579. The maximum absolute atomic E-state index is 4.40. The van der Waals surface area contributed by atoms with Crippen LogP contribution in [-0.2, 0) is 5.16 Å². The molecule has 4 heteroatoms. The van der Waals surface area contributed by atoms with Crippen LogP contribution in [0.25, 0.3) is 0 Å². The molecule has 1 saturated carbocycles. The van der Waals surface area contributed by atoms with Gasteiger partial charge in [-0.1, -0.05) is 194 Å². The van der Waals surface area contributed by atoms with Crippen LogP contribution in [0.2, 0.25) is 5.54 Å². The molecule has 5 aromatic carbocycles. The third-order valence-corrected chi connectivity index (χ3v) is 12.1. The summed E-state index contributed by atoms with van der Waals surface area (Å²) in [7, 11) is -0.448. The molecule has 43 heavy (non-hydrogen) atoms. The number of hydrogen-bond acceptors (Lipinski definition) is 1. The molecule has 0 unspecified atom stereocenters. The lowest BCUT2D eigenvalue weighted by Crippen LogP contribution is -2.51. The summed E-state index contributed by atoms with van der Waals surface area (Å²) in [6, 6.07) is 54.2. The van der Waals surface area contributed by atoms with E-state index in [9.17, 15) is 0 Å². The minimum Gasteiger partial charge on any atom is -0.327 e. The first-order chi connectivity index (χ1) is 21.3. The molecule has 0 aliphatic heterocycles. The summed E-state index contributed by atoms with van der Waals surface area (Å²) in [4.78, 5) is 4.40. The normalized spacial score (nSPS) is 13.5. The molecular weight excluding hydrogens is 535 g/mol.